The van der Waals surface area contributed by atoms with Gasteiger partial charge in [-0.3, -0.25) is 0 Å². The zero-order chi connectivity index (χ0) is 14.2. The molecule has 1 N–H and O–H groups in total. The van der Waals surface area contributed by atoms with Gasteiger partial charge in [-0.2, -0.15) is 4.37 Å². The van der Waals surface area contributed by atoms with Crippen molar-refractivity contribution in [3.05, 3.63) is 29.6 Å². The van der Waals surface area contributed by atoms with E-state index in [0.717, 1.165) is 28.0 Å². The van der Waals surface area contributed by atoms with Gasteiger partial charge in [0, 0.05) is 17.5 Å². The van der Waals surface area contributed by atoms with E-state index in [1.165, 1.54) is 24.4 Å². The molecular weight excluding hydrogens is 286 g/mol. The third-order valence-corrected chi connectivity index (χ3v) is 4.45. The van der Waals surface area contributed by atoms with Gasteiger partial charge in [-0.05, 0) is 37.5 Å². The third-order valence-electron chi connectivity index (χ3n) is 3.79. The van der Waals surface area contributed by atoms with Gasteiger partial charge in [-0.15, -0.1) is 0 Å². The molecule has 21 heavy (non-hydrogen) atoms. The van der Waals surface area contributed by atoms with E-state index in [1.807, 2.05) is 12.1 Å². The molecule has 0 saturated heterocycles. The number of hydrogen-bond donors (Lipinski definition) is 1. The van der Waals surface area contributed by atoms with Gasteiger partial charge >= 0.3 is 0 Å². The predicted octanol–water partition coefficient (Wildman–Crippen LogP) is 3.36. The van der Waals surface area contributed by atoms with Crippen molar-refractivity contribution in [3.8, 4) is 11.5 Å². The van der Waals surface area contributed by atoms with Crippen molar-refractivity contribution in [1.82, 2.24) is 9.36 Å². The molecule has 0 bridgehead atoms. The fourth-order valence-corrected chi connectivity index (χ4v) is 3.13. The van der Waals surface area contributed by atoms with E-state index in [1.54, 1.807) is 0 Å². The first-order chi connectivity index (χ1) is 10.3. The lowest BCUT2D eigenvalue weighted by Gasteiger charge is -2.20. The predicted molar refractivity (Wildman–Crippen MR) is 81.4 cm³/mol. The van der Waals surface area contributed by atoms with Crippen LogP contribution in [0, 0.1) is 0 Å². The van der Waals surface area contributed by atoms with Gasteiger partial charge in [0.2, 0.25) is 5.13 Å². The molecule has 1 aliphatic heterocycles. The van der Waals surface area contributed by atoms with E-state index in [-0.39, 0.29) is 6.04 Å². The quantitative estimate of drug-likeness (QED) is 0.938. The minimum absolute atomic E-state index is 0.154. The molecule has 1 saturated carbocycles. The minimum atomic E-state index is 0.154. The first-order valence-electron chi connectivity index (χ1n) is 7.29. The summed E-state index contributed by atoms with van der Waals surface area (Å²) in [6.07, 6.45) is 2.46. The van der Waals surface area contributed by atoms with Gasteiger partial charge in [0.05, 0.1) is 6.04 Å². The fraction of sp³-hybridized carbons (Fsp3) is 0.467. The van der Waals surface area contributed by atoms with Crippen LogP contribution in [0.1, 0.15) is 43.1 Å². The van der Waals surface area contributed by atoms with Crippen molar-refractivity contribution in [2.45, 2.75) is 31.7 Å². The second-order valence-electron chi connectivity index (χ2n) is 5.50. The largest absolute Gasteiger partial charge is 0.486 e. The summed E-state index contributed by atoms with van der Waals surface area (Å²) in [6, 6.07) is 6.22. The lowest BCUT2D eigenvalue weighted by Crippen LogP contribution is -2.16. The molecule has 1 aliphatic carbocycles. The van der Waals surface area contributed by atoms with Crippen molar-refractivity contribution in [2.75, 3.05) is 18.5 Å². The number of aromatic nitrogens is 2. The summed E-state index contributed by atoms with van der Waals surface area (Å²) in [5, 5.41) is 4.30. The second kappa shape index (κ2) is 5.18. The summed E-state index contributed by atoms with van der Waals surface area (Å²) in [5.74, 6) is 3.24. The molecule has 0 amide bonds. The molecule has 4 rings (SSSR count). The standard InChI is InChI=1S/C15H17N3O2S/c1-9(16-15-17-14(18-21-15)10-2-3-10)11-4-5-12-13(8-11)20-7-6-19-12/h4-5,8-10H,2-3,6-7H2,1H3,(H,16,17,18). The summed E-state index contributed by atoms with van der Waals surface area (Å²) in [7, 11) is 0. The van der Waals surface area contributed by atoms with Gasteiger partial charge in [-0.25, -0.2) is 4.98 Å². The zero-order valence-electron chi connectivity index (χ0n) is 11.8. The van der Waals surface area contributed by atoms with Gasteiger partial charge < -0.3 is 14.8 Å². The van der Waals surface area contributed by atoms with Crippen LogP contribution < -0.4 is 14.8 Å². The van der Waals surface area contributed by atoms with Crippen LogP contribution in [0.3, 0.4) is 0 Å². The maximum absolute atomic E-state index is 5.63. The van der Waals surface area contributed by atoms with Crippen LogP contribution in [0.15, 0.2) is 18.2 Å². The van der Waals surface area contributed by atoms with E-state index < -0.39 is 0 Å². The number of rotatable bonds is 4. The van der Waals surface area contributed by atoms with E-state index in [2.05, 4.69) is 27.7 Å². The molecule has 5 nitrogen and oxygen atoms in total. The number of nitrogens with zero attached hydrogens (tertiary/aromatic N) is 2. The van der Waals surface area contributed by atoms with Crippen LogP contribution in [-0.2, 0) is 0 Å². The second-order valence-corrected chi connectivity index (χ2v) is 6.25. The highest BCUT2D eigenvalue weighted by Crippen LogP contribution is 2.39. The maximum atomic E-state index is 5.63. The van der Waals surface area contributed by atoms with Crippen LogP contribution in [0.5, 0.6) is 11.5 Å². The Morgan fingerprint density at radius 2 is 2.05 bits per heavy atom. The maximum Gasteiger partial charge on any atom is 0.203 e. The molecule has 1 atom stereocenters. The summed E-state index contributed by atoms with van der Waals surface area (Å²) in [6.45, 7) is 3.35. The molecular formula is C15H17N3O2S. The fourth-order valence-electron chi connectivity index (χ4n) is 2.40. The number of hydrogen-bond acceptors (Lipinski definition) is 6. The molecule has 110 valence electrons. The number of benzene rings is 1. The Kier molecular flexibility index (Phi) is 3.18. The lowest BCUT2D eigenvalue weighted by atomic mass is 10.1. The molecule has 0 radical (unpaired) electrons. The normalized spacial score (nSPS) is 18.3. The number of ether oxygens (including phenoxy) is 2. The Balaban J connectivity index is 1.49. The van der Waals surface area contributed by atoms with Crippen LogP contribution in [0.4, 0.5) is 5.13 Å². The van der Waals surface area contributed by atoms with Gasteiger partial charge in [0.1, 0.15) is 19.0 Å². The number of fused-ring (bicyclic) bond motifs is 1. The van der Waals surface area contributed by atoms with Crippen LogP contribution in [0.2, 0.25) is 0 Å². The molecule has 1 unspecified atom stereocenters. The topological polar surface area (TPSA) is 56.3 Å². The Labute approximate surface area is 127 Å². The van der Waals surface area contributed by atoms with Crippen molar-refractivity contribution < 1.29 is 9.47 Å². The Morgan fingerprint density at radius 3 is 2.86 bits per heavy atom. The van der Waals surface area contributed by atoms with Crippen LogP contribution in [-0.4, -0.2) is 22.6 Å². The highest BCUT2D eigenvalue weighted by molar-refractivity contribution is 7.09. The van der Waals surface area contributed by atoms with E-state index in [9.17, 15) is 0 Å². The Morgan fingerprint density at radius 1 is 1.24 bits per heavy atom. The molecule has 2 heterocycles. The first kappa shape index (κ1) is 12.9. The molecule has 1 aromatic heterocycles. The number of anilines is 1. The van der Waals surface area contributed by atoms with Crippen LogP contribution in [0.25, 0.3) is 0 Å². The molecule has 1 fully saturated rings. The molecule has 6 heteroatoms. The summed E-state index contributed by atoms with van der Waals surface area (Å²) >= 11 is 1.44. The van der Waals surface area contributed by atoms with Crippen molar-refractivity contribution >= 4 is 16.7 Å². The van der Waals surface area contributed by atoms with E-state index >= 15 is 0 Å². The highest BCUT2D eigenvalue weighted by atomic mass is 32.1. The van der Waals surface area contributed by atoms with Crippen molar-refractivity contribution in [2.24, 2.45) is 0 Å². The molecule has 2 aliphatic rings. The SMILES string of the molecule is CC(Nc1nc(C2CC2)ns1)c1ccc2c(c1)OCCO2. The summed E-state index contributed by atoms with van der Waals surface area (Å²) < 4.78 is 15.6. The van der Waals surface area contributed by atoms with Gasteiger partial charge in [-0.1, -0.05) is 6.07 Å². The lowest BCUT2D eigenvalue weighted by molar-refractivity contribution is 0.171. The van der Waals surface area contributed by atoms with Crippen LogP contribution >= 0.6 is 11.5 Å². The molecule has 0 spiro atoms. The van der Waals surface area contributed by atoms with E-state index in [0.29, 0.717) is 19.1 Å². The minimum Gasteiger partial charge on any atom is -0.486 e. The molecule has 1 aromatic carbocycles. The van der Waals surface area contributed by atoms with E-state index in [4.69, 9.17) is 9.47 Å². The smallest absolute Gasteiger partial charge is 0.203 e. The molecule has 2 aromatic rings. The number of nitrogens with one attached hydrogen (secondary N) is 1. The summed E-state index contributed by atoms with van der Waals surface area (Å²) in [5.41, 5.74) is 1.16. The first-order valence-corrected chi connectivity index (χ1v) is 8.06. The highest BCUT2D eigenvalue weighted by Gasteiger charge is 2.28. The van der Waals surface area contributed by atoms with Gasteiger partial charge in [0.15, 0.2) is 11.5 Å². The Bertz CT molecular complexity index is 654. The average molecular weight is 303 g/mol. The third kappa shape index (κ3) is 2.68. The average Bonchev–Trinajstić information content (AvgIpc) is 3.27. The van der Waals surface area contributed by atoms with Crippen molar-refractivity contribution in [3.63, 3.8) is 0 Å². The Hall–Kier alpha value is -1.82. The zero-order valence-corrected chi connectivity index (χ0v) is 12.7. The van der Waals surface area contributed by atoms with Gasteiger partial charge in [0.25, 0.3) is 0 Å². The monoisotopic (exact) mass is 303 g/mol. The summed E-state index contributed by atoms with van der Waals surface area (Å²) in [4.78, 5) is 4.57. The van der Waals surface area contributed by atoms with Crippen molar-refractivity contribution in [1.29, 1.82) is 0 Å².